The van der Waals surface area contributed by atoms with Gasteiger partial charge in [0.2, 0.25) is 0 Å². The van der Waals surface area contributed by atoms with E-state index in [2.05, 4.69) is 26.0 Å². The SMILES string of the molecule is CC1(C)CCC(CCO)=C(c2ccc(Cl)cc2)C1. The predicted molar refractivity (Wildman–Crippen MR) is 77.7 cm³/mol. The lowest BCUT2D eigenvalue weighted by molar-refractivity contribution is 0.286. The van der Waals surface area contributed by atoms with E-state index in [9.17, 15) is 5.11 Å². The Balaban J connectivity index is 2.37. The molecule has 98 valence electrons. The Morgan fingerprint density at radius 2 is 1.89 bits per heavy atom. The van der Waals surface area contributed by atoms with Gasteiger partial charge in [-0.25, -0.2) is 0 Å². The third-order valence-electron chi connectivity index (χ3n) is 3.79. The molecule has 0 fully saturated rings. The fourth-order valence-corrected chi connectivity index (χ4v) is 2.83. The lowest BCUT2D eigenvalue weighted by Gasteiger charge is -2.33. The number of hydrogen-bond acceptors (Lipinski definition) is 1. The van der Waals surface area contributed by atoms with E-state index in [1.165, 1.54) is 23.1 Å². The number of aliphatic hydroxyl groups is 1. The summed E-state index contributed by atoms with van der Waals surface area (Å²) in [6.45, 7) is 4.88. The predicted octanol–water partition coefficient (Wildman–Crippen LogP) is 4.69. The number of allylic oxidation sites excluding steroid dienone is 1. The van der Waals surface area contributed by atoms with Crippen LogP contribution in [-0.4, -0.2) is 11.7 Å². The number of benzene rings is 1. The van der Waals surface area contributed by atoms with E-state index in [4.69, 9.17) is 11.6 Å². The van der Waals surface area contributed by atoms with Crippen molar-refractivity contribution in [2.75, 3.05) is 6.61 Å². The lowest BCUT2D eigenvalue weighted by atomic mass is 9.72. The molecule has 1 aromatic rings. The first-order valence-corrected chi connectivity index (χ1v) is 6.97. The topological polar surface area (TPSA) is 20.2 Å². The van der Waals surface area contributed by atoms with Crippen LogP contribution in [0.3, 0.4) is 0 Å². The van der Waals surface area contributed by atoms with Crippen molar-refractivity contribution in [2.45, 2.75) is 39.5 Å². The summed E-state index contributed by atoms with van der Waals surface area (Å²) < 4.78 is 0. The Bertz CT molecular complexity index is 443. The fraction of sp³-hybridized carbons (Fsp3) is 0.500. The molecule has 1 N–H and O–H groups in total. The maximum Gasteiger partial charge on any atom is 0.0468 e. The Morgan fingerprint density at radius 1 is 1.22 bits per heavy atom. The van der Waals surface area contributed by atoms with Gasteiger partial charge in [0.05, 0.1) is 0 Å². The average molecular weight is 265 g/mol. The zero-order chi connectivity index (χ0) is 13.2. The second-order valence-electron chi connectivity index (χ2n) is 5.90. The van der Waals surface area contributed by atoms with Crippen LogP contribution < -0.4 is 0 Å². The summed E-state index contributed by atoms with van der Waals surface area (Å²) in [5.74, 6) is 0. The standard InChI is InChI=1S/C16H21ClO/c1-16(2)9-7-13(8-10-18)15(11-16)12-3-5-14(17)6-4-12/h3-6,18H,7-11H2,1-2H3. The third kappa shape index (κ3) is 3.15. The molecule has 0 bridgehead atoms. The van der Waals surface area contributed by atoms with Gasteiger partial charge in [0.15, 0.2) is 0 Å². The van der Waals surface area contributed by atoms with Crippen molar-refractivity contribution in [3.63, 3.8) is 0 Å². The Kier molecular flexibility index (Phi) is 4.14. The molecule has 0 aliphatic heterocycles. The van der Waals surface area contributed by atoms with Crippen molar-refractivity contribution >= 4 is 17.2 Å². The zero-order valence-corrected chi connectivity index (χ0v) is 11.9. The van der Waals surface area contributed by atoms with E-state index in [-0.39, 0.29) is 6.61 Å². The molecule has 0 saturated heterocycles. The van der Waals surface area contributed by atoms with Crippen molar-refractivity contribution in [3.05, 3.63) is 40.4 Å². The average Bonchev–Trinajstić information content (AvgIpc) is 2.32. The van der Waals surface area contributed by atoms with Gasteiger partial charge in [-0.05, 0) is 54.4 Å². The van der Waals surface area contributed by atoms with Gasteiger partial charge in [-0.2, -0.15) is 0 Å². The molecule has 0 unspecified atom stereocenters. The van der Waals surface area contributed by atoms with Crippen molar-refractivity contribution in [3.8, 4) is 0 Å². The van der Waals surface area contributed by atoms with Gasteiger partial charge in [0.1, 0.15) is 0 Å². The third-order valence-corrected chi connectivity index (χ3v) is 4.04. The van der Waals surface area contributed by atoms with E-state index in [0.29, 0.717) is 5.41 Å². The molecule has 0 radical (unpaired) electrons. The van der Waals surface area contributed by atoms with Crippen LogP contribution in [0.15, 0.2) is 29.8 Å². The Labute approximate surface area is 114 Å². The van der Waals surface area contributed by atoms with E-state index in [0.717, 1.165) is 24.3 Å². The van der Waals surface area contributed by atoms with Crippen LogP contribution >= 0.6 is 11.6 Å². The summed E-state index contributed by atoms with van der Waals surface area (Å²) >= 11 is 5.95. The highest BCUT2D eigenvalue weighted by Crippen LogP contribution is 2.43. The van der Waals surface area contributed by atoms with Crippen LogP contribution in [-0.2, 0) is 0 Å². The molecular formula is C16H21ClO. The van der Waals surface area contributed by atoms with Crippen LogP contribution in [0.1, 0.15) is 45.1 Å². The smallest absolute Gasteiger partial charge is 0.0468 e. The van der Waals surface area contributed by atoms with Gasteiger partial charge in [-0.3, -0.25) is 0 Å². The van der Waals surface area contributed by atoms with Crippen LogP contribution in [0.25, 0.3) is 5.57 Å². The fourth-order valence-electron chi connectivity index (χ4n) is 2.70. The number of hydrogen-bond donors (Lipinski definition) is 1. The molecule has 0 atom stereocenters. The molecule has 0 aromatic heterocycles. The molecule has 1 aromatic carbocycles. The van der Waals surface area contributed by atoms with Gasteiger partial charge in [-0.15, -0.1) is 0 Å². The second-order valence-corrected chi connectivity index (χ2v) is 6.34. The first-order valence-electron chi connectivity index (χ1n) is 6.59. The molecular weight excluding hydrogens is 244 g/mol. The summed E-state index contributed by atoms with van der Waals surface area (Å²) in [4.78, 5) is 0. The largest absolute Gasteiger partial charge is 0.396 e. The van der Waals surface area contributed by atoms with Crippen molar-refractivity contribution in [1.82, 2.24) is 0 Å². The van der Waals surface area contributed by atoms with Gasteiger partial charge >= 0.3 is 0 Å². The van der Waals surface area contributed by atoms with Crippen molar-refractivity contribution in [2.24, 2.45) is 5.41 Å². The minimum Gasteiger partial charge on any atom is -0.396 e. The molecule has 2 heteroatoms. The number of aliphatic hydroxyl groups excluding tert-OH is 1. The summed E-state index contributed by atoms with van der Waals surface area (Å²) in [7, 11) is 0. The minimum atomic E-state index is 0.243. The summed E-state index contributed by atoms with van der Waals surface area (Å²) in [6, 6.07) is 8.08. The quantitative estimate of drug-likeness (QED) is 0.840. The molecule has 1 aliphatic carbocycles. The number of halogens is 1. The molecule has 18 heavy (non-hydrogen) atoms. The van der Waals surface area contributed by atoms with Crippen LogP contribution in [0, 0.1) is 5.41 Å². The maximum absolute atomic E-state index is 9.20. The molecule has 0 saturated carbocycles. The van der Waals surface area contributed by atoms with Crippen LogP contribution in [0.5, 0.6) is 0 Å². The van der Waals surface area contributed by atoms with Gasteiger partial charge in [0, 0.05) is 11.6 Å². The molecule has 0 amide bonds. The van der Waals surface area contributed by atoms with Gasteiger partial charge in [0.25, 0.3) is 0 Å². The lowest BCUT2D eigenvalue weighted by Crippen LogP contribution is -2.18. The summed E-state index contributed by atoms with van der Waals surface area (Å²) in [5.41, 5.74) is 4.44. The van der Waals surface area contributed by atoms with Crippen LogP contribution in [0.4, 0.5) is 0 Å². The molecule has 1 aliphatic rings. The van der Waals surface area contributed by atoms with E-state index in [1.54, 1.807) is 0 Å². The Hall–Kier alpha value is -0.790. The summed E-state index contributed by atoms with van der Waals surface area (Å²) in [6.07, 6.45) is 4.20. The molecule has 1 nitrogen and oxygen atoms in total. The molecule has 0 spiro atoms. The molecule has 0 heterocycles. The highest BCUT2D eigenvalue weighted by Gasteiger charge is 2.27. The van der Waals surface area contributed by atoms with E-state index < -0.39 is 0 Å². The first-order chi connectivity index (χ1) is 8.52. The monoisotopic (exact) mass is 264 g/mol. The maximum atomic E-state index is 9.20. The normalized spacial score (nSPS) is 19.1. The van der Waals surface area contributed by atoms with Crippen molar-refractivity contribution in [1.29, 1.82) is 0 Å². The second kappa shape index (κ2) is 5.46. The van der Waals surface area contributed by atoms with E-state index >= 15 is 0 Å². The van der Waals surface area contributed by atoms with E-state index in [1.807, 2.05) is 12.1 Å². The van der Waals surface area contributed by atoms with Gasteiger partial charge in [-0.1, -0.05) is 43.2 Å². The zero-order valence-electron chi connectivity index (χ0n) is 11.2. The Morgan fingerprint density at radius 3 is 2.50 bits per heavy atom. The number of rotatable bonds is 3. The minimum absolute atomic E-state index is 0.243. The van der Waals surface area contributed by atoms with Crippen molar-refractivity contribution < 1.29 is 5.11 Å². The highest BCUT2D eigenvalue weighted by atomic mass is 35.5. The van der Waals surface area contributed by atoms with Crippen LogP contribution in [0.2, 0.25) is 5.02 Å². The van der Waals surface area contributed by atoms with Gasteiger partial charge < -0.3 is 5.11 Å². The first kappa shape index (κ1) is 13.6. The summed E-state index contributed by atoms with van der Waals surface area (Å²) in [5, 5.41) is 9.98. The molecule has 2 rings (SSSR count). The highest BCUT2D eigenvalue weighted by molar-refractivity contribution is 6.30.